The molecule has 24 heavy (non-hydrogen) atoms. The first-order chi connectivity index (χ1) is 11.6. The van der Waals surface area contributed by atoms with E-state index < -0.39 is 0 Å². The van der Waals surface area contributed by atoms with Crippen LogP contribution in [0.25, 0.3) is 5.57 Å². The van der Waals surface area contributed by atoms with E-state index in [1.165, 1.54) is 21.6 Å². The van der Waals surface area contributed by atoms with Gasteiger partial charge < -0.3 is 5.32 Å². The zero-order valence-corrected chi connectivity index (χ0v) is 14.4. The molecule has 1 aromatic rings. The number of carbonyl (C=O) groups excluding carboxylic acids is 2. The first kappa shape index (κ1) is 16.7. The van der Waals surface area contributed by atoms with Crippen molar-refractivity contribution >= 4 is 17.5 Å². The summed E-state index contributed by atoms with van der Waals surface area (Å²) < 4.78 is 0. The van der Waals surface area contributed by atoms with Crippen LogP contribution >= 0.6 is 0 Å². The third kappa shape index (κ3) is 3.51. The van der Waals surface area contributed by atoms with Crippen LogP contribution in [-0.2, 0) is 4.79 Å². The average molecular weight is 327 g/mol. The Labute approximate surface area is 143 Å². The van der Waals surface area contributed by atoms with Crippen LogP contribution in [0.15, 0.2) is 30.3 Å². The van der Waals surface area contributed by atoms with E-state index in [4.69, 9.17) is 0 Å². The second-order valence-corrected chi connectivity index (χ2v) is 6.62. The van der Waals surface area contributed by atoms with Crippen LogP contribution in [0.2, 0.25) is 0 Å². The zero-order chi connectivity index (χ0) is 17.1. The summed E-state index contributed by atoms with van der Waals surface area (Å²) >= 11 is 0. The molecule has 3 amide bonds. The predicted molar refractivity (Wildman–Crippen MR) is 94.3 cm³/mol. The van der Waals surface area contributed by atoms with Crippen molar-refractivity contribution < 1.29 is 9.59 Å². The summed E-state index contributed by atoms with van der Waals surface area (Å²) in [6, 6.07) is 7.97. The van der Waals surface area contributed by atoms with Gasteiger partial charge in [-0.1, -0.05) is 49.2 Å². The highest BCUT2D eigenvalue weighted by Crippen LogP contribution is 2.23. The minimum Gasteiger partial charge on any atom is -0.326 e. The normalized spacial score (nSPS) is 21.8. The van der Waals surface area contributed by atoms with Crippen LogP contribution in [0.5, 0.6) is 0 Å². The molecule has 1 N–H and O–H groups in total. The number of nitrogens with zero attached hydrogens (tertiary/aromatic N) is 2. The van der Waals surface area contributed by atoms with Gasteiger partial charge in [0.15, 0.2) is 0 Å². The van der Waals surface area contributed by atoms with E-state index in [1.807, 2.05) is 6.92 Å². The van der Waals surface area contributed by atoms with Crippen LogP contribution in [0.3, 0.4) is 0 Å². The van der Waals surface area contributed by atoms with Gasteiger partial charge in [0.25, 0.3) is 5.91 Å². The summed E-state index contributed by atoms with van der Waals surface area (Å²) in [5, 5.41) is 2.78. The van der Waals surface area contributed by atoms with E-state index in [2.05, 4.69) is 47.5 Å². The van der Waals surface area contributed by atoms with Crippen molar-refractivity contribution in [2.75, 3.05) is 19.8 Å². The molecule has 0 radical (unpaired) electrons. The summed E-state index contributed by atoms with van der Waals surface area (Å²) in [6.07, 6.45) is 4.73. The SMILES string of the molecule is CCCC1NC(=O)N(CN2CC=C(c3ccc(C)cc3)CC2)C1=O. The van der Waals surface area contributed by atoms with Gasteiger partial charge in [-0.2, -0.15) is 0 Å². The number of hydrogen-bond acceptors (Lipinski definition) is 3. The molecule has 0 saturated carbocycles. The smallest absolute Gasteiger partial charge is 0.325 e. The van der Waals surface area contributed by atoms with Crippen molar-refractivity contribution in [1.29, 1.82) is 0 Å². The lowest BCUT2D eigenvalue weighted by Crippen LogP contribution is -2.43. The highest BCUT2D eigenvalue weighted by molar-refractivity contribution is 6.04. The second-order valence-electron chi connectivity index (χ2n) is 6.62. The summed E-state index contributed by atoms with van der Waals surface area (Å²) in [7, 11) is 0. The maximum Gasteiger partial charge on any atom is 0.325 e. The molecule has 1 aromatic carbocycles. The third-order valence-corrected chi connectivity index (χ3v) is 4.74. The Kier molecular flexibility index (Phi) is 5.00. The number of benzene rings is 1. The maximum absolute atomic E-state index is 12.3. The summed E-state index contributed by atoms with van der Waals surface area (Å²) in [5.74, 6) is -0.0878. The minimum absolute atomic E-state index is 0.0878. The molecule has 0 bridgehead atoms. The lowest BCUT2D eigenvalue weighted by Gasteiger charge is -2.29. The largest absolute Gasteiger partial charge is 0.326 e. The molecule has 0 aromatic heterocycles. The molecule has 5 heteroatoms. The van der Waals surface area contributed by atoms with E-state index in [0.29, 0.717) is 13.1 Å². The van der Waals surface area contributed by atoms with Gasteiger partial charge in [0.2, 0.25) is 0 Å². The zero-order valence-electron chi connectivity index (χ0n) is 14.4. The number of nitrogens with one attached hydrogen (secondary N) is 1. The Hall–Kier alpha value is -2.14. The van der Waals surface area contributed by atoms with E-state index >= 15 is 0 Å². The number of imide groups is 1. The monoisotopic (exact) mass is 327 g/mol. The molecule has 0 spiro atoms. The lowest BCUT2D eigenvalue weighted by atomic mass is 9.99. The van der Waals surface area contributed by atoms with E-state index in [-0.39, 0.29) is 18.0 Å². The Morgan fingerprint density at radius 3 is 2.58 bits per heavy atom. The highest BCUT2D eigenvalue weighted by atomic mass is 16.2. The molecule has 2 aliphatic heterocycles. The van der Waals surface area contributed by atoms with Gasteiger partial charge in [0, 0.05) is 13.1 Å². The van der Waals surface area contributed by atoms with Crippen molar-refractivity contribution in [3.05, 3.63) is 41.5 Å². The number of carbonyl (C=O) groups is 2. The molecule has 2 heterocycles. The van der Waals surface area contributed by atoms with Crippen LogP contribution in [0.1, 0.15) is 37.3 Å². The number of rotatable bonds is 5. The lowest BCUT2D eigenvalue weighted by molar-refractivity contribution is -0.129. The topological polar surface area (TPSA) is 52.7 Å². The van der Waals surface area contributed by atoms with Crippen molar-refractivity contribution in [3.63, 3.8) is 0 Å². The predicted octanol–water partition coefficient (Wildman–Crippen LogP) is 2.76. The van der Waals surface area contributed by atoms with E-state index in [0.717, 1.165) is 25.9 Å². The Bertz CT molecular complexity index is 651. The van der Waals surface area contributed by atoms with Gasteiger partial charge in [-0.3, -0.25) is 9.69 Å². The van der Waals surface area contributed by atoms with E-state index in [1.54, 1.807) is 0 Å². The van der Waals surface area contributed by atoms with Gasteiger partial charge in [0.1, 0.15) is 6.04 Å². The molecule has 1 unspecified atom stereocenters. The second kappa shape index (κ2) is 7.18. The summed E-state index contributed by atoms with van der Waals surface area (Å²) in [5.41, 5.74) is 3.86. The molecular weight excluding hydrogens is 302 g/mol. The number of aryl methyl sites for hydroxylation is 1. The maximum atomic E-state index is 12.3. The molecule has 1 saturated heterocycles. The van der Waals surface area contributed by atoms with Crippen molar-refractivity contribution in [1.82, 2.24) is 15.1 Å². The summed E-state index contributed by atoms with van der Waals surface area (Å²) in [4.78, 5) is 27.8. The van der Waals surface area contributed by atoms with Crippen molar-refractivity contribution in [3.8, 4) is 0 Å². The first-order valence-corrected chi connectivity index (χ1v) is 8.68. The van der Waals surface area contributed by atoms with Crippen molar-refractivity contribution in [2.24, 2.45) is 0 Å². The minimum atomic E-state index is -0.342. The van der Waals surface area contributed by atoms with Crippen molar-refractivity contribution in [2.45, 2.75) is 39.2 Å². The first-order valence-electron chi connectivity index (χ1n) is 8.68. The van der Waals surface area contributed by atoms with Crippen LogP contribution in [0, 0.1) is 6.92 Å². The molecule has 5 nitrogen and oxygen atoms in total. The Morgan fingerprint density at radius 1 is 1.21 bits per heavy atom. The standard InChI is InChI=1S/C19H25N3O2/c1-3-4-17-18(23)22(19(24)20-17)13-21-11-9-16(10-12-21)15-7-5-14(2)6-8-15/h5-9,17H,3-4,10-13H2,1-2H3,(H,20,24). The third-order valence-electron chi connectivity index (χ3n) is 4.74. The van der Waals surface area contributed by atoms with E-state index in [9.17, 15) is 9.59 Å². The van der Waals surface area contributed by atoms with Gasteiger partial charge in [-0.15, -0.1) is 0 Å². The highest BCUT2D eigenvalue weighted by Gasteiger charge is 2.38. The molecule has 1 fully saturated rings. The van der Waals surface area contributed by atoms with Crippen LogP contribution < -0.4 is 5.32 Å². The summed E-state index contributed by atoms with van der Waals surface area (Å²) in [6.45, 7) is 6.10. The molecule has 1 atom stereocenters. The quantitative estimate of drug-likeness (QED) is 0.846. The van der Waals surface area contributed by atoms with Gasteiger partial charge >= 0.3 is 6.03 Å². The number of hydrogen-bond donors (Lipinski definition) is 1. The van der Waals surface area contributed by atoms with Crippen LogP contribution in [0.4, 0.5) is 4.79 Å². The molecule has 2 aliphatic rings. The number of urea groups is 1. The average Bonchev–Trinajstić information content (AvgIpc) is 2.84. The van der Waals surface area contributed by atoms with Gasteiger partial charge in [-0.25, -0.2) is 9.69 Å². The Balaban J connectivity index is 1.60. The van der Waals surface area contributed by atoms with Crippen LogP contribution in [-0.4, -0.2) is 47.5 Å². The molecule has 0 aliphatic carbocycles. The molecular formula is C19H25N3O2. The van der Waals surface area contributed by atoms with Gasteiger partial charge in [-0.05, 0) is 30.9 Å². The fraction of sp³-hybridized carbons (Fsp3) is 0.474. The fourth-order valence-corrected chi connectivity index (χ4v) is 3.26. The molecule has 3 rings (SSSR count). The number of amides is 3. The fourth-order valence-electron chi connectivity index (χ4n) is 3.26. The van der Waals surface area contributed by atoms with Gasteiger partial charge in [0.05, 0.1) is 6.67 Å². The molecule has 128 valence electrons. The Morgan fingerprint density at radius 2 is 1.96 bits per heavy atom.